The maximum absolute atomic E-state index is 12.1. The van der Waals surface area contributed by atoms with Gasteiger partial charge in [0.05, 0.1) is 17.7 Å². The minimum Gasteiger partial charge on any atom is -0.373 e. The third kappa shape index (κ3) is 3.93. The summed E-state index contributed by atoms with van der Waals surface area (Å²) in [6, 6.07) is 6.90. The number of hydrogen-bond donors (Lipinski definition) is 1. The summed E-state index contributed by atoms with van der Waals surface area (Å²) < 4.78 is 36.4. The molecule has 0 spiro atoms. The molecule has 0 saturated carbocycles. The second-order valence-corrected chi connectivity index (χ2v) is 3.95. The third-order valence-corrected chi connectivity index (χ3v) is 2.56. The Morgan fingerprint density at radius 2 is 2.06 bits per heavy atom. The van der Waals surface area contributed by atoms with Crippen LogP contribution in [0.25, 0.3) is 0 Å². The monoisotopic (exact) mass is 257 g/mol. The molecule has 0 radical (unpaired) electrons. The van der Waals surface area contributed by atoms with Crippen molar-refractivity contribution < 1.29 is 13.2 Å². The van der Waals surface area contributed by atoms with Crippen LogP contribution in [0.1, 0.15) is 17.5 Å². The molecule has 0 aliphatic carbocycles. The van der Waals surface area contributed by atoms with Crippen molar-refractivity contribution in [2.75, 3.05) is 18.5 Å². The van der Waals surface area contributed by atoms with Crippen LogP contribution in [-0.2, 0) is 6.54 Å². The van der Waals surface area contributed by atoms with Gasteiger partial charge in [-0.15, -0.1) is 0 Å². The van der Waals surface area contributed by atoms with Gasteiger partial charge in [0.25, 0.3) is 0 Å². The fourth-order valence-corrected chi connectivity index (χ4v) is 1.55. The highest BCUT2D eigenvalue weighted by molar-refractivity contribution is 5.60. The minimum absolute atomic E-state index is 0.180. The zero-order valence-electron chi connectivity index (χ0n) is 9.96. The molecule has 0 bridgehead atoms. The van der Waals surface area contributed by atoms with E-state index in [0.717, 1.165) is 5.56 Å². The van der Waals surface area contributed by atoms with Crippen LogP contribution in [0.3, 0.4) is 0 Å². The summed E-state index contributed by atoms with van der Waals surface area (Å²) in [5.74, 6) is 0. The molecule has 0 aliphatic rings. The lowest BCUT2D eigenvalue weighted by Crippen LogP contribution is -2.24. The fourth-order valence-electron chi connectivity index (χ4n) is 1.55. The smallest absolute Gasteiger partial charge is 0.373 e. The molecule has 98 valence electrons. The molecule has 0 atom stereocenters. The van der Waals surface area contributed by atoms with Gasteiger partial charge < -0.3 is 10.6 Å². The fraction of sp³-hybridized carbons (Fsp3) is 0.417. The summed E-state index contributed by atoms with van der Waals surface area (Å²) in [5, 5.41) is 8.98. The Bertz CT molecular complexity index is 449. The van der Waals surface area contributed by atoms with E-state index in [1.165, 1.54) is 11.9 Å². The second kappa shape index (κ2) is 5.74. The molecular weight excluding hydrogens is 243 g/mol. The van der Waals surface area contributed by atoms with Crippen molar-refractivity contribution in [1.82, 2.24) is 0 Å². The van der Waals surface area contributed by atoms with Crippen molar-refractivity contribution >= 4 is 5.69 Å². The number of halogens is 3. The van der Waals surface area contributed by atoms with E-state index < -0.39 is 12.6 Å². The molecule has 0 fully saturated rings. The van der Waals surface area contributed by atoms with Gasteiger partial charge >= 0.3 is 6.18 Å². The molecule has 1 rings (SSSR count). The maximum Gasteiger partial charge on any atom is 0.390 e. The number of alkyl halides is 3. The standard InChI is InChI=1S/C12H14F3N3/c1-18(5-4-12(13,14)15)11-3-2-9(7-16)6-10(11)8-17/h2-3,6H,4-5,7,16H2,1H3. The normalized spacial score (nSPS) is 11.1. The number of hydrogen-bond acceptors (Lipinski definition) is 3. The Kier molecular flexibility index (Phi) is 4.56. The van der Waals surface area contributed by atoms with Crippen LogP contribution in [0.4, 0.5) is 18.9 Å². The molecule has 1 aromatic rings. The van der Waals surface area contributed by atoms with Gasteiger partial charge in [-0.3, -0.25) is 0 Å². The van der Waals surface area contributed by atoms with E-state index in [4.69, 9.17) is 11.0 Å². The van der Waals surface area contributed by atoms with E-state index >= 15 is 0 Å². The number of rotatable bonds is 4. The first kappa shape index (κ1) is 14.3. The first-order valence-electron chi connectivity index (χ1n) is 5.38. The topological polar surface area (TPSA) is 53.0 Å². The summed E-state index contributed by atoms with van der Waals surface area (Å²) in [6.45, 7) is 0.112. The van der Waals surface area contributed by atoms with Crippen molar-refractivity contribution in [3.05, 3.63) is 29.3 Å². The van der Waals surface area contributed by atoms with Crippen molar-refractivity contribution in [2.45, 2.75) is 19.1 Å². The molecule has 0 aromatic heterocycles. The molecule has 0 heterocycles. The molecule has 18 heavy (non-hydrogen) atoms. The predicted octanol–water partition coefficient (Wildman–Crippen LogP) is 2.41. The molecule has 2 N–H and O–H groups in total. The Morgan fingerprint density at radius 1 is 1.39 bits per heavy atom. The number of nitrogens with two attached hydrogens (primary N) is 1. The highest BCUT2D eigenvalue weighted by atomic mass is 19.4. The number of anilines is 1. The van der Waals surface area contributed by atoms with Gasteiger partial charge in [-0.2, -0.15) is 18.4 Å². The van der Waals surface area contributed by atoms with E-state index in [1.807, 2.05) is 6.07 Å². The van der Waals surface area contributed by atoms with E-state index in [2.05, 4.69) is 0 Å². The van der Waals surface area contributed by atoms with Crippen molar-refractivity contribution in [1.29, 1.82) is 5.26 Å². The quantitative estimate of drug-likeness (QED) is 0.901. The number of nitrogens with zero attached hydrogens (tertiary/aromatic N) is 2. The SMILES string of the molecule is CN(CCC(F)(F)F)c1ccc(CN)cc1C#N. The summed E-state index contributed by atoms with van der Waals surface area (Å²) in [7, 11) is 1.53. The predicted molar refractivity (Wildman–Crippen MR) is 63.0 cm³/mol. The molecule has 6 heteroatoms. The molecule has 0 saturated heterocycles. The Hall–Kier alpha value is -1.74. The van der Waals surface area contributed by atoms with Gasteiger partial charge in [0.2, 0.25) is 0 Å². The lowest BCUT2D eigenvalue weighted by molar-refractivity contribution is -0.132. The number of benzene rings is 1. The molecular formula is C12H14F3N3. The highest BCUT2D eigenvalue weighted by Crippen LogP contribution is 2.24. The first-order valence-corrected chi connectivity index (χ1v) is 5.38. The first-order chi connectivity index (χ1) is 8.37. The Balaban J connectivity index is 2.86. The van der Waals surface area contributed by atoms with Crippen LogP contribution in [0.15, 0.2) is 18.2 Å². The zero-order chi connectivity index (χ0) is 13.8. The Morgan fingerprint density at radius 3 is 2.56 bits per heavy atom. The van der Waals surface area contributed by atoms with Gasteiger partial charge in [-0.25, -0.2) is 0 Å². The average Bonchev–Trinajstić information content (AvgIpc) is 2.34. The van der Waals surface area contributed by atoms with Crippen LogP contribution < -0.4 is 10.6 Å². The molecule has 1 aromatic carbocycles. The largest absolute Gasteiger partial charge is 0.390 e. The van der Waals surface area contributed by atoms with Crippen molar-refractivity contribution in [3.8, 4) is 6.07 Å². The molecule has 0 aliphatic heterocycles. The van der Waals surface area contributed by atoms with E-state index in [9.17, 15) is 13.2 Å². The third-order valence-electron chi connectivity index (χ3n) is 2.56. The van der Waals surface area contributed by atoms with Crippen molar-refractivity contribution in [3.63, 3.8) is 0 Å². The van der Waals surface area contributed by atoms with Gasteiger partial charge in [0.15, 0.2) is 0 Å². The lowest BCUT2D eigenvalue weighted by Gasteiger charge is -2.21. The van der Waals surface area contributed by atoms with Crippen LogP contribution in [0.2, 0.25) is 0 Å². The van der Waals surface area contributed by atoms with Gasteiger partial charge in [0, 0.05) is 20.1 Å². The van der Waals surface area contributed by atoms with Crippen LogP contribution in [0.5, 0.6) is 0 Å². The van der Waals surface area contributed by atoms with Gasteiger partial charge in [-0.1, -0.05) is 6.07 Å². The van der Waals surface area contributed by atoms with Crippen LogP contribution in [-0.4, -0.2) is 19.8 Å². The summed E-state index contributed by atoms with van der Waals surface area (Å²) in [6.07, 6.45) is -5.11. The highest BCUT2D eigenvalue weighted by Gasteiger charge is 2.27. The number of nitriles is 1. The average molecular weight is 257 g/mol. The van der Waals surface area contributed by atoms with Crippen LogP contribution >= 0.6 is 0 Å². The molecule has 3 nitrogen and oxygen atoms in total. The summed E-state index contributed by atoms with van der Waals surface area (Å²) in [5.41, 5.74) is 7.04. The lowest BCUT2D eigenvalue weighted by atomic mass is 10.1. The van der Waals surface area contributed by atoms with Crippen molar-refractivity contribution in [2.24, 2.45) is 5.73 Å². The van der Waals surface area contributed by atoms with Gasteiger partial charge in [0.1, 0.15) is 6.07 Å². The van der Waals surface area contributed by atoms with Gasteiger partial charge in [-0.05, 0) is 17.7 Å². The summed E-state index contributed by atoms with van der Waals surface area (Å²) >= 11 is 0. The van der Waals surface area contributed by atoms with E-state index in [1.54, 1.807) is 18.2 Å². The molecule has 0 unspecified atom stereocenters. The summed E-state index contributed by atoms with van der Waals surface area (Å²) in [4.78, 5) is 1.42. The van der Waals surface area contributed by atoms with Crippen LogP contribution in [0, 0.1) is 11.3 Å². The van der Waals surface area contributed by atoms with E-state index in [-0.39, 0.29) is 6.54 Å². The zero-order valence-corrected chi connectivity index (χ0v) is 9.96. The van der Waals surface area contributed by atoms with E-state index in [0.29, 0.717) is 17.8 Å². The second-order valence-electron chi connectivity index (χ2n) is 3.95. The minimum atomic E-state index is -4.20. The molecule has 0 amide bonds. The maximum atomic E-state index is 12.1. The Labute approximate surface area is 104 Å².